The van der Waals surface area contributed by atoms with Crippen LogP contribution in [-0.2, 0) is 24.2 Å². The summed E-state index contributed by atoms with van der Waals surface area (Å²) < 4.78 is 7.44. The molecular weight excluding hydrogens is 392 g/mol. The second-order valence-electron chi connectivity index (χ2n) is 7.80. The van der Waals surface area contributed by atoms with Crippen LogP contribution in [0.5, 0.6) is 0 Å². The van der Waals surface area contributed by atoms with Gasteiger partial charge in [0.05, 0.1) is 17.3 Å². The number of nitrogen functional groups attached to an aromatic ring is 1. The van der Waals surface area contributed by atoms with E-state index in [9.17, 15) is 4.79 Å². The molecule has 8 nitrogen and oxygen atoms in total. The molecule has 0 radical (unpaired) electrons. The number of amides is 1. The summed E-state index contributed by atoms with van der Waals surface area (Å²) in [5.41, 5.74) is 10.8. The average Bonchev–Trinajstić information content (AvgIpc) is 3.21. The highest BCUT2D eigenvalue weighted by Crippen LogP contribution is 2.31. The molecule has 1 aliphatic rings. The maximum Gasteiger partial charge on any atom is 0.251 e. The molecule has 0 bridgehead atoms. The summed E-state index contributed by atoms with van der Waals surface area (Å²) in [6.45, 7) is 6.78. The van der Waals surface area contributed by atoms with Crippen LogP contribution in [0.2, 0.25) is 0 Å². The van der Waals surface area contributed by atoms with Crippen molar-refractivity contribution in [3.05, 3.63) is 47.3 Å². The molecule has 1 amide bonds. The fraction of sp³-hybridized carbons (Fsp3) is 0.435. The van der Waals surface area contributed by atoms with Gasteiger partial charge in [-0.1, -0.05) is 13.0 Å². The summed E-state index contributed by atoms with van der Waals surface area (Å²) in [4.78, 5) is 17.7. The highest BCUT2D eigenvalue weighted by atomic mass is 16.5. The molecule has 0 unspecified atom stereocenters. The number of hydrogen-bond acceptors (Lipinski definition) is 6. The van der Waals surface area contributed by atoms with E-state index in [0.29, 0.717) is 23.8 Å². The van der Waals surface area contributed by atoms with Crippen LogP contribution in [0.1, 0.15) is 48.3 Å². The van der Waals surface area contributed by atoms with E-state index in [1.54, 1.807) is 24.3 Å². The van der Waals surface area contributed by atoms with Crippen LogP contribution < -0.4 is 16.4 Å². The quantitative estimate of drug-likeness (QED) is 0.505. The molecule has 3 aromatic rings. The third-order valence-corrected chi connectivity index (χ3v) is 5.75. The largest absolute Gasteiger partial charge is 0.399 e. The minimum Gasteiger partial charge on any atom is -0.399 e. The number of carbonyl (C=O) groups is 1. The Hall–Kier alpha value is -3.13. The average molecular weight is 423 g/mol. The number of ether oxygens (including phenoxy) is 1. The third-order valence-electron chi connectivity index (χ3n) is 5.75. The van der Waals surface area contributed by atoms with Crippen LogP contribution in [0.3, 0.4) is 0 Å². The van der Waals surface area contributed by atoms with Gasteiger partial charge in [0, 0.05) is 54.9 Å². The number of benzene rings is 1. The van der Waals surface area contributed by atoms with Gasteiger partial charge in [-0.15, -0.1) is 0 Å². The van der Waals surface area contributed by atoms with Crippen molar-refractivity contribution in [2.75, 3.05) is 24.3 Å². The van der Waals surface area contributed by atoms with E-state index in [-0.39, 0.29) is 5.91 Å². The first kappa shape index (κ1) is 21.1. The van der Waals surface area contributed by atoms with Crippen molar-refractivity contribution in [3.8, 4) is 0 Å². The molecule has 1 aliphatic heterocycles. The van der Waals surface area contributed by atoms with Crippen molar-refractivity contribution in [2.45, 2.75) is 52.2 Å². The van der Waals surface area contributed by atoms with Gasteiger partial charge in [0.25, 0.3) is 5.91 Å². The zero-order chi connectivity index (χ0) is 21.8. The molecule has 0 atom stereocenters. The molecule has 1 fully saturated rings. The predicted octanol–water partition coefficient (Wildman–Crippen LogP) is 3.12. The standard InChI is InChI=1S/C23H30N6O2/c1-3-20-18(13-25-23(30)15-6-5-7-16(24)12-15)21(27-17-8-10-31-11-9-17)19-14-26-29(4-2)22(19)28-20/h5-7,12,14,17H,3-4,8-11,13,24H2,1-2H3,(H,25,30)(H,27,28). The first-order valence-electron chi connectivity index (χ1n) is 11.0. The summed E-state index contributed by atoms with van der Waals surface area (Å²) >= 11 is 0. The fourth-order valence-corrected chi connectivity index (χ4v) is 4.05. The molecule has 0 saturated carbocycles. The van der Waals surface area contributed by atoms with Crippen molar-refractivity contribution >= 4 is 28.3 Å². The van der Waals surface area contributed by atoms with Crippen molar-refractivity contribution in [1.82, 2.24) is 20.1 Å². The molecule has 8 heteroatoms. The number of aryl methyl sites for hydroxylation is 2. The molecule has 3 heterocycles. The van der Waals surface area contributed by atoms with Gasteiger partial charge in [-0.2, -0.15) is 5.10 Å². The smallest absolute Gasteiger partial charge is 0.251 e. The number of hydrogen-bond donors (Lipinski definition) is 3. The van der Waals surface area contributed by atoms with E-state index < -0.39 is 0 Å². The monoisotopic (exact) mass is 422 g/mol. The van der Waals surface area contributed by atoms with Crippen molar-refractivity contribution in [2.24, 2.45) is 0 Å². The second-order valence-corrected chi connectivity index (χ2v) is 7.80. The molecule has 4 N–H and O–H groups in total. The van der Waals surface area contributed by atoms with Gasteiger partial charge >= 0.3 is 0 Å². The number of carbonyl (C=O) groups excluding carboxylic acids is 1. The molecule has 164 valence electrons. The Balaban J connectivity index is 1.69. The number of nitrogens with one attached hydrogen (secondary N) is 2. The van der Waals surface area contributed by atoms with E-state index in [1.165, 1.54) is 0 Å². The summed E-state index contributed by atoms with van der Waals surface area (Å²) in [5.74, 6) is -0.157. The number of nitrogens with two attached hydrogens (primary N) is 1. The second kappa shape index (κ2) is 9.34. The van der Waals surface area contributed by atoms with Gasteiger partial charge < -0.3 is 21.1 Å². The topological polar surface area (TPSA) is 107 Å². The zero-order valence-electron chi connectivity index (χ0n) is 18.1. The SMILES string of the molecule is CCc1nc2c(cnn2CC)c(NC2CCOCC2)c1CNC(=O)c1cccc(N)c1. The highest BCUT2D eigenvalue weighted by molar-refractivity contribution is 5.96. The number of aromatic nitrogens is 3. The van der Waals surface area contributed by atoms with E-state index in [1.807, 2.05) is 10.9 Å². The molecular formula is C23H30N6O2. The lowest BCUT2D eigenvalue weighted by Gasteiger charge is -2.26. The predicted molar refractivity (Wildman–Crippen MR) is 122 cm³/mol. The lowest BCUT2D eigenvalue weighted by atomic mass is 10.0. The lowest BCUT2D eigenvalue weighted by molar-refractivity contribution is 0.0904. The summed E-state index contributed by atoms with van der Waals surface area (Å²) in [6.07, 6.45) is 4.53. The minimum absolute atomic E-state index is 0.157. The number of pyridine rings is 1. The van der Waals surface area contributed by atoms with E-state index >= 15 is 0 Å². The highest BCUT2D eigenvalue weighted by Gasteiger charge is 2.22. The number of fused-ring (bicyclic) bond motifs is 1. The van der Waals surface area contributed by atoms with Crippen molar-refractivity contribution in [3.63, 3.8) is 0 Å². The fourth-order valence-electron chi connectivity index (χ4n) is 4.05. The van der Waals surface area contributed by atoms with E-state index in [0.717, 1.165) is 67.0 Å². The molecule has 31 heavy (non-hydrogen) atoms. The Morgan fingerprint density at radius 2 is 2.10 bits per heavy atom. The first-order chi connectivity index (χ1) is 15.1. The van der Waals surface area contributed by atoms with Gasteiger partial charge in [0.1, 0.15) is 0 Å². The van der Waals surface area contributed by atoms with Crippen LogP contribution in [0.15, 0.2) is 30.5 Å². The molecule has 0 spiro atoms. The van der Waals surface area contributed by atoms with Gasteiger partial charge in [0.15, 0.2) is 5.65 Å². The van der Waals surface area contributed by atoms with E-state index in [2.05, 4.69) is 29.6 Å². The normalized spacial score (nSPS) is 14.6. The van der Waals surface area contributed by atoms with Crippen molar-refractivity contribution < 1.29 is 9.53 Å². The number of nitrogens with zero attached hydrogens (tertiary/aromatic N) is 3. The van der Waals surface area contributed by atoms with Gasteiger partial charge in [-0.05, 0) is 44.4 Å². The summed E-state index contributed by atoms with van der Waals surface area (Å²) in [6, 6.07) is 7.32. The molecule has 1 saturated heterocycles. The number of anilines is 2. The maximum absolute atomic E-state index is 12.7. The van der Waals surface area contributed by atoms with Crippen LogP contribution in [-0.4, -0.2) is 39.9 Å². The Labute approximate surface area is 182 Å². The maximum atomic E-state index is 12.7. The van der Waals surface area contributed by atoms with Crippen molar-refractivity contribution in [1.29, 1.82) is 0 Å². The van der Waals surface area contributed by atoms with Gasteiger partial charge in [-0.25, -0.2) is 9.67 Å². The molecule has 2 aromatic heterocycles. The van der Waals surface area contributed by atoms with Crippen LogP contribution in [0, 0.1) is 0 Å². The third kappa shape index (κ3) is 4.49. The minimum atomic E-state index is -0.157. The number of rotatable bonds is 7. The summed E-state index contributed by atoms with van der Waals surface area (Å²) in [5, 5.41) is 12.3. The Bertz CT molecular complexity index is 1070. The zero-order valence-corrected chi connectivity index (χ0v) is 18.1. The first-order valence-corrected chi connectivity index (χ1v) is 11.0. The van der Waals surface area contributed by atoms with Gasteiger partial charge in [0.2, 0.25) is 0 Å². The van der Waals surface area contributed by atoms with Crippen LogP contribution in [0.4, 0.5) is 11.4 Å². The van der Waals surface area contributed by atoms with Crippen LogP contribution in [0.25, 0.3) is 11.0 Å². The molecule has 4 rings (SSSR count). The Kier molecular flexibility index (Phi) is 6.36. The Morgan fingerprint density at radius 3 is 2.81 bits per heavy atom. The lowest BCUT2D eigenvalue weighted by Crippen LogP contribution is -2.30. The summed E-state index contributed by atoms with van der Waals surface area (Å²) in [7, 11) is 0. The van der Waals surface area contributed by atoms with Crippen LogP contribution >= 0.6 is 0 Å². The molecule has 0 aliphatic carbocycles. The van der Waals surface area contributed by atoms with Gasteiger partial charge in [-0.3, -0.25) is 4.79 Å². The Morgan fingerprint density at radius 1 is 1.29 bits per heavy atom. The molecule has 1 aromatic carbocycles. The van der Waals surface area contributed by atoms with E-state index in [4.69, 9.17) is 15.5 Å².